The first-order valence-corrected chi connectivity index (χ1v) is 5.08. The third kappa shape index (κ3) is 1.73. The van der Waals surface area contributed by atoms with Gasteiger partial charge in [-0.1, -0.05) is 12.1 Å². The van der Waals surface area contributed by atoms with Crippen LogP contribution in [-0.4, -0.2) is 13.7 Å². The summed E-state index contributed by atoms with van der Waals surface area (Å²) in [6.07, 6.45) is 3.36. The average molecular weight is 208 g/mol. The number of aromatic nitrogens is 1. The monoisotopic (exact) mass is 208 g/mol. The molecule has 2 aromatic rings. The zero-order valence-electron chi connectivity index (χ0n) is 7.18. The van der Waals surface area contributed by atoms with Gasteiger partial charge in [-0.05, 0) is 12.1 Å². The Labute approximate surface area is 83.4 Å². The summed E-state index contributed by atoms with van der Waals surface area (Å²) in [5.41, 5.74) is 0.630. The van der Waals surface area contributed by atoms with E-state index >= 15 is 0 Å². The minimum atomic E-state index is -2.04. The molecule has 1 heterocycles. The van der Waals surface area contributed by atoms with E-state index in [-0.39, 0.29) is 0 Å². The van der Waals surface area contributed by atoms with E-state index < -0.39 is 11.3 Å². The molecule has 0 aliphatic heterocycles. The van der Waals surface area contributed by atoms with Gasteiger partial charge in [-0.2, -0.15) is 0 Å². The Balaban J connectivity index is 2.59. The minimum absolute atomic E-state index is 0.630. The number of benzene rings is 1. The van der Waals surface area contributed by atoms with Crippen LogP contribution in [-0.2, 0) is 11.3 Å². The lowest BCUT2D eigenvalue weighted by Gasteiger charge is -2.04. The lowest BCUT2D eigenvalue weighted by atomic mass is 10.1. The van der Waals surface area contributed by atoms with E-state index in [0.29, 0.717) is 5.69 Å². The summed E-state index contributed by atoms with van der Waals surface area (Å²) in [5.74, 6) is 0. The number of hydrogen-bond acceptors (Lipinski definition) is 2. The number of rotatable bonds is 2. The maximum Gasteiger partial charge on any atom is 0.259 e. The van der Waals surface area contributed by atoms with Crippen molar-refractivity contribution < 1.29 is 8.76 Å². The van der Waals surface area contributed by atoms with E-state index in [2.05, 4.69) is 9.71 Å². The van der Waals surface area contributed by atoms with Crippen molar-refractivity contribution in [2.45, 2.75) is 0 Å². The summed E-state index contributed by atoms with van der Waals surface area (Å²) in [4.78, 5) is 3.97. The van der Waals surface area contributed by atoms with Crippen LogP contribution in [0.1, 0.15) is 0 Å². The Kier molecular flexibility index (Phi) is 2.43. The second-order valence-electron chi connectivity index (χ2n) is 2.75. The van der Waals surface area contributed by atoms with Gasteiger partial charge in [-0.3, -0.25) is 14.3 Å². The molecule has 0 fully saturated rings. The zero-order chi connectivity index (χ0) is 9.97. The number of nitrogens with one attached hydrogen (secondary N) is 1. The molecule has 1 unspecified atom stereocenters. The van der Waals surface area contributed by atoms with Crippen molar-refractivity contribution in [2.75, 3.05) is 4.72 Å². The van der Waals surface area contributed by atoms with E-state index in [0.717, 1.165) is 10.8 Å². The van der Waals surface area contributed by atoms with Crippen LogP contribution in [0.4, 0.5) is 5.69 Å². The number of fused-ring (bicyclic) bond motifs is 1. The van der Waals surface area contributed by atoms with Gasteiger partial charge in [0, 0.05) is 23.2 Å². The highest BCUT2D eigenvalue weighted by molar-refractivity contribution is 7.80. The van der Waals surface area contributed by atoms with Gasteiger partial charge in [0.25, 0.3) is 11.3 Å². The van der Waals surface area contributed by atoms with Crippen molar-refractivity contribution in [2.24, 2.45) is 0 Å². The van der Waals surface area contributed by atoms with E-state index in [1.54, 1.807) is 30.6 Å². The highest BCUT2D eigenvalue weighted by Crippen LogP contribution is 2.21. The molecular formula is C9H8N2O2S. The summed E-state index contributed by atoms with van der Waals surface area (Å²) in [6, 6.07) is 7.24. The van der Waals surface area contributed by atoms with Crippen LogP contribution < -0.4 is 4.72 Å². The van der Waals surface area contributed by atoms with Crippen molar-refractivity contribution in [3.05, 3.63) is 36.7 Å². The first-order chi connectivity index (χ1) is 6.77. The van der Waals surface area contributed by atoms with Crippen LogP contribution in [0, 0.1) is 0 Å². The first-order valence-electron chi connectivity index (χ1n) is 3.97. The Hall–Kier alpha value is -1.46. The van der Waals surface area contributed by atoms with Crippen LogP contribution in [0.3, 0.4) is 0 Å². The molecule has 72 valence electrons. The molecule has 14 heavy (non-hydrogen) atoms. The van der Waals surface area contributed by atoms with Crippen molar-refractivity contribution in [3.63, 3.8) is 0 Å². The molecule has 0 spiro atoms. The maximum atomic E-state index is 10.6. The van der Waals surface area contributed by atoms with Gasteiger partial charge in [0.1, 0.15) is 0 Å². The second kappa shape index (κ2) is 3.73. The summed E-state index contributed by atoms with van der Waals surface area (Å²) < 4.78 is 21.8. The fraction of sp³-hybridized carbons (Fsp3) is 0. The molecule has 0 aliphatic carbocycles. The van der Waals surface area contributed by atoms with E-state index in [1.165, 1.54) is 0 Å². The molecule has 1 aromatic carbocycles. The van der Waals surface area contributed by atoms with Crippen LogP contribution in [0.5, 0.6) is 0 Å². The Morgan fingerprint density at radius 3 is 3.00 bits per heavy atom. The van der Waals surface area contributed by atoms with E-state index in [4.69, 9.17) is 4.55 Å². The fourth-order valence-electron chi connectivity index (χ4n) is 1.31. The molecule has 1 atom stereocenters. The highest BCUT2D eigenvalue weighted by Gasteiger charge is 2.01. The average Bonchev–Trinajstić information content (AvgIpc) is 2.18. The Bertz CT molecular complexity index is 482. The summed E-state index contributed by atoms with van der Waals surface area (Å²) in [7, 11) is 0. The first kappa shape index (κ1) is 9.11. The van der Waals surface area contributed by atoms with Crippen LogP contribution >= 0.6 is 0 Å². The molecule has 4 nitrogen and oxygen atoms in total. The molecule has 0 bridgehead atoms. The minimum Gasteiger partial charge on any atom is -0.289 e. The smallest absolute Gasteiger partial charge is 0.259 e. The van der Waals surface area contributed by atoms with Crippen LogP contribution in [0.25, 0.3) is 10.8 Å². The maximum absolute atomic E-state index is 10.6. The van der Waals surface area contributed by atoms with Gasteiger partial charge in [0.2, 0.25) is 0 Å². The molecule has 0 radical (unpaired) electrons. The molecule has 2 N–H and O–H groups in total. The Morgan fingerprint density at radius 1 is 1.36 bits per heavy atom. The number of pyridine rings is 1. The van der Waals surface area contributed by atoms with E-state index in [1.807, 2.05) is 6.07 Å². The molecule has 1 aromatic heterocycles. The summed E-state index contributed by atoms with van der Waals surface area (Å²) >= 11 is -2.04. The van der Waals surface area contributed by atoms with Gasteiger partial charge in [0.15, 0.2) is 0 Å². The second-order valence-corrected chi connectivity index (χ2v) is 3.46. The predicted octanol–water partition coefficient (Wildman–Crippen LogP) is 1.78. The fourth-order valence-corrected chi connectivity index (χ4v) is 1.67. The van der Waals surface area contributed by atoms with Gasteiger partial charge in [-0.15, -0.1) is 0 Å². The normalized spacial score (nSPS) is 12.6. The standard InChI is InChI=1S/C9H8N2O2S/c12-14(13)11-9-3-1-2-7-6-10-5-4-8(7)9/h1-6,11H,(H,12,13). The third-order valence-electron chi connectivity index (χ3n) is 1.88. The Morgan fingerprint density at radius 2 is 2.21 bits per heavy atom. The number of nitrogens with zero attached hydrogens (tertiary/aromatic N) is 1. The molecular weight excluding hydrogens is 200 g/mol. The molecule has 2 rings (SSSR count). The third-order valence-corrected chi connectivity index (χ3v) is 2.27. The number of anilines is 1. The molecule has 0 aliphatic rings. The molecule has 0 saturated carbocycles. The topological polar surface area (TPSA) is 62.2 Å². The van der Waals surface area contributed by atoms with Crippen LogP contribution in [0.2, 0.25) is 0 Å². The highest BCUT2D eigenvalue weighted by atomic mass is 32.2. The summed E-state index contributed by atoms with van der Waals surface area (Å²) in [6.45, 7) is 0. The summed E-state index contributed by atoms with van der Waals surface area (Å²) in [5, 5.41) is 1.81. The largest absolute Gasteiger partial charge is 0.289 e. The predicted molar refractivity (Wildman–Crippen MR) is 56.1 cm³/mol. The molecule has 0 saturated heterocycles. The van der Waals surface area contributed by atoms with E-state index in [9.17, 15) is 4.21 Å². The lowest BCUT2D eigenvalue weighted by Crippen LogP contribution is -2.02. The molecule has 0 amide bonds. The van der Waals surface area contributed by atoms with Crippen molar-refractivity contribution in [1.82, 2.24) is 4.98 Å². The van der Waals surface area contributed by atoms with Gasteiger partial charge in [0.05, 0.1) is 5.69 Å². The lowest BCUT2D eigenvalue weighted by molar-refractivity contribution is 0.570. The molecule has 5 heteroatoms. The SMILES string of the molecule is O=S(O)Nc1cccc2cnccc12. The van der Waals surface area contributed by atoms with Crippen molar-refractivity contribution >= 4 is 27.7 Å². The van der Waals surface area contributed by atoms with Crippen molar-refractivity contribution in [1.29, 1.82) is 0 Å². The number of hydrogen-bond donors (Lipinski definition) is 2. The van der Waals surface area contributed by atoms with Gasteiger partial charge >= 0.3 is 0 Å². The van der Waals surface area contributed by atoms with Crippen LogP contribution in [0.15, 0.2) is 36.7 Å². The van der Waals surface area contributed by atoms with Gasteiger partial charge < -0.3 is 0 Å². The van der Waals surface area contributed by atoms with Crippen molar-refractivity contribution in [3.8, 4) is 0 Å². The zero-order valence-corrected chi connectivity index (χ0v) is 7.99. The quantitative estimate of drug-likeness (QED) is 0.739. The van der Waals surface area contributed by atoms with Gasteiger partial charge in [-0.25, -0.2) is 4.21 Å².